The van der Waals surface area contributed by atoms with E-state index in [9.17, 15) is 9.59 Å². The summed E-state index contributed by atoms with van der Waals surface area (Å²) in [5.41, 5.74) is 9.23. The van der Waals surface area contributed by atoms with E-state index in [-0.39, 0.29) is 11.8 Å². The minimum atomic E-state index is -0.378. The summed E-state index contributed by atoms with van der Waals surface area (Å²) in [6.45, 7) is 7.48. The Bertz CT molecular complexity index is 2650. The van der Waals surface area contributed by atoms with Crippen LogP contribution in [0, 0.1) is 6.57 Å². The van der Waals surface area contributed by atoms with Gasteiger partial charge >= 0.3 is 0 Å². The molecular weight excluding hydrogens is 617 g/mol. The first kappa shape index (κ1) is 29.1. The zero-order valence-corrected chi connectivity index (χ0v) is 26.6. The quantitative estimate of drug-likeness (QED) is 0.139. The third-order valence-corrected chi connectivity index (χ3v) is 9.42. The molecule has 0 N–H and O–H groups in total. The van der Waals surface area contributed by atoms with Gasteiger partial charge in [-0.2, -0.15) is 0 Å². The maximum absolute atomic E-state index is 15.0. The molecule has 1 aliphatic heterocycles. The summed E-state index contributed by atoms with van der Waals surface area (Å²) >= 11 is 0. The highest BCUT2D eigenvalue weighted by atomic mass is 16.2. The number of hydrogen-bond acceptors (Lipinski definition) is 3. The number of benzene rings is 6. The van der Waals surface area contributed by atoms with Crippen LogP contribution in [0.3, 0.4) is 0 Å². The number of amides is 2. The molecule has 6 heteroatoms. The molecule has 234 valence electrons. The number of nitrogens with zero attached hydrogens (tertiary/aromatic N) is 4. The molecule has 0 aliphatic carbocycles. The maximum atomic E-state index is 15.0. The fourth-order valence-corrected chi connectivity index (χ4v) is 7.20. The van der Waals surface area contributed by atoms with Gasteiger partial charge in [0.15, 0.2) is 0 Å². The Morgan fingerprint density at radius 1 is 0.520 bits per heavy atom. The largest absolute Gasteiger partial charge is 0.308 e. The van der Waals surface area contributed by atoms with Gasteiger partial charge in [-0.25, -0.2) is 9.74 Å². The predicted octanol–water partition coefficient (Wildman–Crippen LogP) is 10.5. The molecule has 6 nitrogen and oxygen atoms in total. The predicted molar refractivity (Wildman–Crippen MR) is 199 cm³/mol. The molecular formula is C44H26N4O2. The second-order valence-corrected chi connectivity index (χ2v) is 12.2. The summed E-state index contributed by atoms with van der Waals surface area (Å²) < 4.78 is 2.08. The molecule has 0 radical (unpaired) electrons. The lowest BCUT2D eigenvalue weighted by Gasteiger charge is -2.23. The van der Waals surface area contributed by atoms with E-state index < -0.39 is 0 Å². The van der Waals surface area contributed by atoms with Crippen molar-refractivity contribution < 1.29 is 9.59 Å². The summed E-state index contributed by atoms with van der Waals surface area (Å²) in [5, 5.41) is 2.03. The first-order valence-corrected chi connectivity index (χ1v) is 16.2. The van der Waals surface area contributed by atoms with Gasteiger partial charge in [-0.15, -0.1) is 0 Å². The van der Waals surface area contributed by atoms with Gasteiger partial charge in [-0.3, -0.25) is 14.6 Å². The molecule has 0 atom stereocenters. The van der Waals surface area contributed by atoms with Crippen molar-refractivity contribution in [3.8, 4) is 39.1 Å². The van der Waals surface area contributed by atoms with Crippen LogP contribution in [0.1, 0.15) is 20.7 Å². The number of carbonyl (C=O) groups is 2. The van der Waals surface area contributed by atoms with E-state index >= 15 is 0 Å². The van der Waals surface area contributed by atoms with Crippen molar-refractivity contribution in [2.45, 2.75) is 0 Å². The zero-order chi connectivity index (χ0) is 33.8. The summed E-state index contributed by atoms with van der Waals surface area (Å²) in [6.07, 6.45) is 3.30. The van der Waals surface area contributed by atoms with Gasteiger partial charge in [0.1, 0.15) is 0 Å². The molecule has 9 rings (SSSR count). The van der Waals surface area contributed by atoms with Gasteiger partial charge in [0.2, 0.25) is 5.69 Å². The molecule has 2 amide bonds. The van der Waals surface area contributed by atoms with Crippen molar-refractivity contribution >= 4 is 45.0 Å². The van der Waals surface area contributed by atoms with Crippen molar-refractivity contribution in [2.24, 2.45) is 0 Å². The number of rotatable bonds is 5. The Hall–Kier alpha value is -7.10. The number of pyridine rings is 1. The normalized spacial score (nSPS) is 12.4. The number of aromatic nitrogens is 2. The minimum absolute atomic E-state index is 0.351. The van der Waals surface area contributed by atoms with Crippen molar-refractivity contribution in [1.82, 2.24) is 9.55 Å². The maximum Gasteiger partial charge on any atom is 0.268 e. The monoisotopic (exact) mass is 642 g/mol. The molecule has 1 aliphatic rings. The van der Waals surface area contributed by atoms with Crippen LogP contribution in [0.4, 0.5) is 11.4 Å². The molecule has 2 aromatic heterocycles. The summed E-state index contributed by atoms with van der Waals surface area (Å²) in [7, 11) is 0. The highest BCUT2D eigenvalue weighted by Gasteiger charge is 2.41. The van der Waals surface area contributed by atoms with E-state index in [1.54, 1.807) is 18.5 Å². The lowest BCUT2D eigenvalue weighted by molar-refractivity contribution is 0.0926. The third-order valence-electron chi connectivity index (χ3n) is 9.42. The molecule has 0 saturated carbocycles. The van der Waals surface area contributed by atoms with Crippen LogP contribution in [-0.2, 0) is 0 Å². The Labute approximate surface area is 287 Å². The topological polar surface area (TPSA) is 59.6 Å². The first-order valence-electron chi connectivity index (χ1n) is 16.2. The smallest absolute Gasteiger partial charge is 0.268 e. The number of fused-ring (bicyclic) bond motifs is 4. The molecule has 0 spiro atoms. The highest BCUT2D eigenvalue weighted by molar-refractivity contribution is 6.37. The van der Waals surface area contributed by atoms with Crippen molar-refractivity contribution in [3.63, 3.8) is 0 Å². The van der Waals surface area contributed by atoms with Gasteiger partial charge in [0, 0.05) is 34.3 Å². The fourth-order valence-electron chi connectivity index (χ4n) is 7.20. The molecule has 0 unspecified atom stereocenters. The fraction of sp³-hybridized carbons (Fsp3) is 0. The molecule has 3 heterocycles. The number of para-hydroxylation sites is 2. The van der Waals surface area contributed by atoms with E-state index in [4.69, 9.17) is 6.57 Å². The van der Waals surface area contributed by atoms with Crippen LogP contribution in [0.15, 0.2) is 158 Å². The lowest BCUT2D eigenvalue weighted by atomic mass is 9.95. The van der Waals surface area contributed by atoms with Crippen molar-refractivity contribution in [3.05, 3.63) is 181 Å². The summed E-state index contributed by atoms with van der Waals surface area (Å²) in [4.78, 5) is 38.8. The summed E-state index contributed by atoms with van der Waals surface area (Å²) in [6, 6.07) is 47.2. The van der Waals surface area contributed by atoms with Gasteiger partial charge in [0.05, 0.1) is 40.1 Å². The standard InChI is InChI=1S/C44H26N4O2/c1-45-32-24-31(26-46-27-32)30-22-23-36-35-16-8-9-20-38(35)47(40(36)25-30)39-21-11-19-37-41(39)44(50)48(43(37)49)42-33(28-12-4-2-5-13-28)17-10-18-34(42)29-14-6-3-7-15-29/h2-27H. The van der Waals surface area contributed by atoms with Gasteiger partial charge in [-0.05, 0) is 52.6 Å². The van der Waals surface area contributed by atoms with Crippen LogP contribution >= 0.6 is 0 Å². The van der Waals surface area contributed by atoms with E-state index in [0.29, 0.717) is 28.2 Å². The Kier molecular flexibility index (Phi) is 6.72. The van der Waals surface area contributed by atoms with Gasteiger partial charge in [0.25, 0.3) is 11.8 Å². The van der Waals surface area contributed by atoms with Gasteiger partial charge < -0.3 is 4.57 Å². The molecule has 0 saturated heterocycles. The second-order valence-electron chi connectivity index (χ2n) is 12.2. The number of anilines is 1. The number of carbonyl (C=O) groups excluding carboxylic acids is 2. The van der Waals surface area contributed by atoms with E-state index in [1.807, 2.05) is 121 Å². The van der Waals surface area contributed by atoms with Crippen LogP contribution in [0.25, 0.3) is 65.7 Å². The van der Waals surface area contributed by atoms with E-state index in [2.05, 4.69) is 32.6 Å². The molecule has 0 fully saturated rings. The van der Waals surface area contributed by atoms with E-state index in [0.717, 1.165) is 55.2 Å². The van der Waals surface area contributed by atoms with E-state index in [1.165, 1.54) is 4.90 Å². The molecule has 0 bridgehead atoms. The minimum Gasteiger partial charge on any atom is -0.308 e. The van der Waals surface area contributed by atoms with Crippen LogP contribution in [0.5, 0.6) is 0 Å². The average molecular weight is 643 g/mol. The zero-order valence-electron chi connectivity index (χ0n) is 26.6. The number of imide groups is 1. The Morgan fingerprint density at radius 3 is 1.88 bits per heavy atom. The molecule has 6 aromatic carbocycles. The van der Waals surface area contributed by atoms with Gasteiger partial charge in [-0.1, -0.05) is 115 Å². The second kappa shape index (κ2) is 11.6. The average Bonchev–Trinajstić information content (AvgIpc) is 3.65. The Morgan fingerprint density at radius 2 is 1.16 bits per heavy atom. The molecule has 8 aromatic rings. The number of hydrogen-bond donors (Lipinski definition) is 0. The van der Waals surface area contributed by atoms with Crippen LogP contribution in [0.2, 0.25) is 0 Å². The Balaban J connectivity index is 1.28. The highest BCUT2D eigenvalue weighted by Crippen LogP contribution is 2.45. The SMILES string of the molecule is [C-]#[N+]c1cncc(-c2ccc3c4ccccc4n(-c4cccc5c4C(=O)N(c4c(-c6ccccc6)cccc4-c4ccccc4)C5=O)c3c2)c1. The first-order chi connectivity index (χ1) is 24.6. The van der Waals surface area contributed by atoms with Crippen LogP contribution < -0.4 is 4.90 Å². The van der Waals surface area contributed by atoms with Crippen LogP contribution in [-0.4, -0.2) is 21.4 Å². The third kappa shape index (κ3) is 4.45. The van der Waals surface area contributed by atoms with Crippen molar-refractivity contribution in [1.29, 1.82) is 0 Å². The molecule has 50 heavy (non-hydrogen) atoms. The van der Waals surface area contributed by atoms with Crippen molar-refractivity contribution in [2.75, 3.05) is 4.90 Å². The summed E-state index contributed by atoms with van der Waals surface area (Å²) in [5.74, 6) is -0.742. The lowest BCUT2D eigenvalue weighted by Crippen LogP contribution is -2.30.